The largest absolute Gasteiger partial charge is 0.396 e. The fourth-order valence-electron chi connectivity index (χ4n) is 2.32. The van der Waals surface area contributed by atoms with Gasteiger partial charge in [-0.15, -0.1) is 0 Å². The number of fused-ring (bicyclic) bond motifs is 1. The van der Waals surface area contributed by atoms with E-state index in [0.717, 1.165) is 11.1 Å². The van der Waals surface area contributed by atoms with Gasteiger partial charge in [0.2, 0.25) is 0 Å². The summed E-state index contributed by atoms with van der Waals surface area (Å²) >= 11 is 0. The van der Waals surface area contributed by atoms with E-state index in [2.05, 4.69) is 35.8 Å². The Bertz CT molecular complexity index is 744. The highest BCUT2D eigenvalue weighted by molar-refractivity contribution is 5.80. The van der Waals surface area contributed by atoms with Crippen molar-refractivity contribution in [3.05, 3.63) is 65.6 Å². The van der Waals surface area contributed by atoms with Crippen LogP contribution in [0.2, 0.25) is 0 Å². The zero-order chi connectivity index (χ0) is 13.4. The predicted octanol–water partition coefficient (Wildman–Crippen LogP) is 3.72. The molecule has 2 aromatic carbocycles. The van der Waals surface area contributed by atoms with E-state index in [-0.39, 0.29) is 11.5 Å². The standard InChI is InChI=1S/C16H15FN2/c1-11-2-5-16-13(8-11)6-7-19(16)10-12-3-4-15(18)14(17)9-12/h2-9H,10,18H2,1H3. The lowest BCUT2D eigenvalue weighted by Crippen LogP contribution is -1.99. The number of halogens is 1. The van der Waals surface area contributed by atoms with Crippen LogP contribution in [-0.4, -0.2) is 4.57 Å². The summed E-state index contributed by atoms with van der Waals surface area (Å²) in [6.45, 7) is 2.72. The lowest BCUT2D eigenvalue weighted by molar-refractivity contribution is 0.628. The molecule has 1 heterocycles. The number of hydrogen-bond acceptors (Lipinski definition) is 1. The molecule has 3 aromatic rings. The van der Waals surface area contributed by atoms with E-state index in [0.29, 0.717) is 6.54 Å². The van der Waals surface area contributed by atoms with Gasteiger partial charge < -0.3 is 10.3 Å². The lowest BCUT2D eigenvalue weighted by atomic mass is 10.1. The molecule has 1 aromatic heterocycles. The molecule has 0 aliphatic heterocycles. The molecular weight excluding hydrogens is 239 g/mol. The molecule has 3 heteroatoms. The monoisotopic (exact) mass is 254 g/mol. The summed E-state index contributed by atoms with van der Waals surface area (Å²) in [6.07, 6.45) is 2.03. The summed E-state index contributed by atoms with van der Waals surface area (Å²) in [6, 6.07) is 13.4. The first-order valence-corrected chi connectivity index (χ1v) is 6.23. The number of nitrogen functional groups attached to an aromatic ring is 1. The van der Waals surface area contributed by atoms with Gasteiger partial charge in [-0.05, 0) is 48.2 Å². The maximum absolute atomic E-state index is 13.4. The molecule has 96 valence electrons. The van der Waals surface area contributed by atoms with Crippen LogP contribution in [0.25, 0.3) is 10.9 Å². The maximum Gasteiger partial charge on any atom is 0.146 e. The molecule has 2 N–H and O–H groups in total. The third-order valence-electron chi connectivity index (χ3n) is 3.34. The topological polar surface area (TPSA) is 30.9 Å². The van der Waals surface area contributed by atoms with E-state index in [4.69, 9.17) is 5.73 Å². The number of hydrogen-bond donors (Lipinski definition) is 1. The first-order valence-electron chi connectivity index (χ1n) is 6.23. The fraction of sp³-hybridized carbons (Fsp3) is 0.125. The van der Waals surface area contributed by atoms with E-state index >= 15 is 0 Å². The van der Waals surface area contributed by atoms with Crippen molar-refractivity contribution >= 4 is 16.6 Å². The van der Waals surface area contributed by atoms with Crippen LogP contribution >= 0.6 is 0 Å². The third kappa shape index (κ3) is 2.19. The molecule has 2 nitrogen and oxygen atoms in total. The van der Waals surface area contributed by atoms with E-state index in [1.54, 1.807) is 6.07 Å². The average Bonchev–Trinajstić information content (AvgIpc) is 2.76. The smallest absolute Gasteiger partial charge is 0.146 e. The SMILES string of the molecule is Cc1ccc2c(ccn2Cc2ccc(N)c(F)c2)c1. The van der Waals surface area contributed by atoms with Gasteiger partial charge in [0.05, 0.1) is 5.69 Å². The molecule has 19 heavy (non-hydrogen) atoms. The molecule has 0 spiro atoms. The highest BCUT2D eigenvalue weighted by atomic mass is 19.1. The highest BCUT2D eigenvalue weighted by Gasteiger charge is 2.04. The van der Waals surface area contributed by atoms with Crippen LogP contribution in [0.15, 0.2) is 48.7 Å². The summed E-state index contributed by atoms with van der Waals surface area (Å²) in [5, 5.41) is 1.20. The molecule has 0 fully saturated rings. The minimum Gasteiger partial charge on any atom is -0.396 e. The minimum atomic E-state index is -0.357. The fourth-order valence-corrected chi connectivity index (χ4v) is 2.32. The van der Waals surface area contributed by atoms with Crippen LogP contribution in [0.5, 0.6) is 0 Å². The molecule has 3 rings (SSSR count). The molecular formula is C16H15FN2. The van der Waals surface area contributed by atoms with Crippen molar-refractivity contribution in [1.82, 2.24) is 4.57 Å². The Morgan fingerprint density at radius 3 is 2.74 bits per heavy atom. The Morgan fingerprint density at radius 1 is 1.11 bits per heavy atom. The first-order chi connectivity index (χ1) is 9.13. The Hall–Kier alpha value is -2.29. The second-order valence-electron chi connectivity index (χ2n) is 4.86. The van der Waals surface area contributed by atoms with Crippen LogP contribution in [0.4, 0.5) is 10.1 Å². The van der Waals surface area contributed by atoms with E-state index in [1.165, 1.54) is 17.0 Å². The molecule has 0 atom stereocenters. The molecule has 0 radical (unpaired) electrons. The molecule has 0 saturated heterocycles. The summed E-state index contributed by atoms with van der Waals surface area (Å²) < 4.78 is 15.6. The zero-order valence-electron chi connectivity index (χ0n) is 10.7. The Kier molecular flexibility index (Phi) is 2.75. The molecule has 0 aliphatic rings. The Labute approximate surface area is 111 Å². The van der Waals surface area contributed by atoms with Gasteiger partial charge in [0.15, 0.2) is 0 Å². The van der Waals surface area contributed by atoms with Gasteiger partial charge in [0.1, 0.15) is 5.82 Å². The van der Waals surface area contributed by atoms with Crippen molar-refractivity contribution < 1.29 is 4.39 Å². The number of benzene rings is 2. The second-order valence-corrected chi connectivity index (χ2v) is 4.86. The third-order valence-corrected chi connectivity index (χ3v) is 3.34. The lowest BCUT2D eigenvalue weighted by Gasteiger charge is -2.07. The number of rotatable bonds is 2. The van der Waals surface area contributed by atoms with Gasteiger partial charge in [0, 0.05) is 18.3 Å². The second kappa shape index (κ2) is 4.43. The molecule has 0 aliphatic carbocycles. The van der Waals surface area contributed by atoms with Gasteiger partial charge >= 0.3 is 0 Å². The van der Waals surface area contributed by atoms with Crippen molar-refractivity contribution in [3.8, 4) is 0 Å². The maximum atomic E-state index is 13.4. The van der Waals surface area contributed by atoms with Gasteiger partial charge in [-0.2, -0.15) is 0 Å². The van der Waals surface area contributed by atoms with Crippen molar-refractivity contribution in [3.63, 3.8) is 0 Å². The van der Waals surface area contributed by atoms with Crippen molar-refractivity contribution in [2.75, 3.05) is 5.73 Å². The minimum absolute atomic E-state index is 0.191. The number of aryl methyl sites for hydroxylation is 1. The number of aromatic nitrogens is 1. The zero-order valence-corrected chi connectivity index (χ0v) is 10.7. The molecule has 0 saturated carbocycles. The van der Waals surface area contributed by atoms with Gasteiger partial charge in [-0.25, -0.2) is 4.39 Å². The van der Waals surface area contributed by atoms with Crippen LogP contribution in [-0.2, 0) is 6.54 Å². The molecule has 0 bridgehead atoms. The van der Waals surface area contributed by atoms with Gasteiger partial charge in [-0.1, -0.05) is 17.7 Å². The molecule has 0 unspecified atom stereocenters. The van der Waals surface area contributed by atoms with Crippen molar-refractivity contribution in [2.45, 2.75) is 13.5 Å². The number of nitrogens with zero attached hydrogens (tertiary/aromatic N) is 1. The summed E-state index contributed by atoms with van der Waals surface area (Å²) in [4.78, 5) is 0. The average molecular weight is 254 g/mol. The highest BCUT2D eigenvalue weighted by Crippen LogP contribution is 2.20. The number of nitrogens with two attached hydrogens (primary N) is 1. The van der Waals surface area contributed by atoms with Crippen LogP contribution in [0.1, 0.15) is 11.1 Å². The number of anilines is 1. The van der Waals surface area contributed by atoms with Crippen molar-refractivity contribution in [2.24, 2.45) is 0 Å². The van der Waals surface area contributed by atoms with E-state index in [1.807, 2.05) is 12.3 Å². The van der Waals surface area contributed by atoms with Gasteiger partial charge in [-0.3, -0.25) is 0 Å². The van der Waals surface area contributed by atoms with Gasteiger partial charge in [0.25, 0.3) is 0 Å². The normalized spacial score (nSPS) is 11.1. The predicted molar refractivity (Wildman–Crippen MR) is 76.6 cm³/mol. The van der Waals surface area contributed by atoms with E-state index in [9.17, 15) is 4.39 Å². The quantitative estimate of drug-likeness (QED) is 0.694. The summed E-state index contributed by atoms with van der Waals surface area (Å²) in [7, 11) is 0. The summed E-state index contributed by atoms with van der Waals surface area (Å²) in [5.74, 6) is -0.357. The Balaban J connectivity index is 1.98. The van der Waals surface area contributed by atoms with E-state index < -0.39 is 0 Å². The van der Waals surface area contributed by atoms with Crippen molar-refractivity contribution in [1.29, 1.82) is 0 Å². The summed E-state index contributed by atoms with van der Waals surface area (Å²) in [5.41, 5.74) is 8.98. The first kappa shape index (κ1) is 11.8. The molecule has 0 amide bonds. The van der Waals surface area contributed by atoms with Crippen LogP contribution in [0, 0.1) is 12.7 Å². The van der Waals surface area contributed by atoms with Crippen LogP contribution < -0.4 is 5.73 Å². The Morgan fingerprint density at radius 2 is 1.95 bits per heavy atom. The van der Waals surface area contributed by atoms with Crippen LogP contribution in [0.3, 0.4) is 0 Å².